The first-order chi connectivity index (χ1) is 18.0. The topological polar surface area (TPSA) is 73.9 Å². The molecule has 1 heterocycles. The van der Waals surface area contributed by atoms with Crippen molar-refractivity contribution in [3.8, 4) is 5.75 Å². The van der Waals surface area contributed by atoms with Gasteiger partial charge in [-0.2, -0.15) is 0 Å². The molecular formula is C24H16ClF5N4O3S. The lowest BCUT2D eigenvalue weighted by Crippen LogP contribution is -2.42. The third kappa shape index (κ3) is 5.07. The molecule has 1 aliphatic heterocycles. The Balaban J connectivity index is 1.70. The molecule has 0 aliphatic carbocycles. The molecule has 1 saturated heterocycles. The number of methoxy groups -OCH3 is 1. The molecule has 2 N–H and O–H groups in total. The number of hydrogen-bond donors (Lipinski definition) is 2. The van der Waals surface area contributed by atoms with E-state index in [1.165, 1.54) is 55.6 Å². The summed E-state index contributed by atoms with van der Waals surface area (Å²) in [7, 11) is 1.42. The van der Waals surface area contributed by atoms with Gasteiger partial charge in [0, 0.05) is 10.7 Å². The first-order valence-corrected chi connectivity index (χ1v) is 11.5. The number of carbonyl (C=O) groups excluding carboxylic acids is 2. The van der Waals surface area contributed by atoms with E-state index >= 15 is 0 Å². The SMILES string of the molecule is COc1ccc(N2C(=O)C(CC(=O)Nc3ccc(Cl)cc3)N(Nc3c(F)c(F)c(F)c(F)c3F)C2=S)cc1. The molecule has 1 unspecified atom stereocenters. The van der Waals surface area contributed by atoms with Gasteiger partial charge in [-0.25, -0.2) is 27.0 Å². The van der Waals surface area contributed by atoms with Gasteiger partial charge in [0.05, 0.1) is 19.2 Å². The van der Waals surface area contributed by atoms with Crippen LogP contribution in [0.3, 0.4) is 0 Å². The van der Waals surface area contributed by atoms with Crippen molar-refractivity contribution in [3.05, 3.63) is 82.6 Å². The van der Waals surface area contributed by atoms with Crippen LogP contribution in [0, 0.1) is 29.1 Å². The molecule has 1 fully saturated rings. The van der Waals surface area contributed by atoms with Crippen LogP contribution in [-0.4, -0.2) is 35.1 Å². The van der Waals surface area contributed by atoms with Crippen molar-refractivity contribution in [2.24, 2.45) is 0 Å². The van der Waals surface area contributed by atoms with E-state index in [0.717, 1.165) is 4.90 Å². The van der Waals surface area contributed by atoms with Gasteiger partial charge in [-0.1, -0.05) is 11.6 Å². The first-order valence-electron chi connectivity index (χ1n) is 10.7. The lowest BCUT2D eigenvalue weighted by Gasteiger charge is -2.26. The fourth-order valence-electron chi connectivity index (χ4n) is 3.61. The number of hydrogen-bond acceptors (Lipinski definition) is 5. The largest absolute Gasteiger partial charge is 0.497 e. The molecule has 198 valence electrons. The molecule has 4 rings (SSSR count). The first kappa shape index (κ1) is 27.1. The lowest BCUT2D eigenvalue weighted by atomic mass is 10.1. The summed E-state index contributed by atoms with van der Waals surface area (Å²) >= 11 is 11.1. The summed E-state index contributed by atoms with van der Waals surface area (Å²) < 4.78 is 75.2. The van der Waals surface area contributed by atoms with E-state index < -0.39 is 64.2 Å². The van der Waals surface area contributed by atoms with Gasteiger partial charge < -0.3 is 10.1 Å². The molecule has 0 aromatic heterocycles. The number of halogens is 6. The van der Waals surface area contributed by atoms with Gasteiger partial charge in [-0.3, -0.25) is 19.9 Å². The third-order valence-electron chi connectivity index (χ3n) is 5.49. The zero-order valence-electron chi connectivity index (χ0n) is 19.2. The van der Waals surface area contributed by atoms with Gasteiger partial charge in [0.1, 0.15) is 17.5 Å². The molecule has 0 spiro atoms. The van der Waals surface area contributed by atoms with Crippen LogP contribution < -0.4 is 20.4 Å². The maximum Gasteiger partial charge on any atom is 0.258 e. The second-order valence-corrected chi connectivity index (χ2v) is 8.66. The minimum Gasteiger partial charge on any atom is -0.497 e. The normalized spacial score (nSPS) is 15.2. The monoisotopic (exact) mass is 570 g/mol. The fourth-order valence-corrected chi connectivity index (χ4v) is 4.11. The van der Waals surface area contributed by atoms with Crippen LogP contribution in [0.25, 0.3) is 0 Å². The van der Waals surface area contributed by atoms with Gasteiger partial charge in [0.25, 0.3) is 5.91 Å². The van der Waals surface area contributed by atoms with Crippen molar-refractivity contribution < 1.29 is 36.3 Å². The Bertz CT molecular complexity index is 1400. The summed E-state index contributed by atoms with van der Waals surface area (Å²) in [5, 5.41) is 3.23. The molecule has 14 heteroatoms. The van der Waals surface area contributed by atoms with Crippen LogP contribution in [0.5, 0.6) is 5.75 Å². The highest BCUT2D eigenvalue weighted by atomic mass is 35.5. The smallest absolute Gasteiger partial charge is 0.258 e. The highest BCUT2D eigenvalue weighted by molar-refractivity contribution is 7.80. The molecule has 3 aromatic carbocycles. The summed E-state index contributed by atoms with van der Waals surface area (Å²) in [5.74, 6) is -12.2. The Kier molecular flexibility index (Phi) is 7.69. The average Bonchev–Trinajstić information content (AvgIpc) is 3.13. The number of anilines is 3. The van der Waals surface area contributed by atoms with Crippen molar-refractivity contribution in [2.45, 2.75) is 12.5 Å². The maximum absolute atomic E-state index is 14.4. The number of amides is 2. The van der Waals surface area contributed by atoms with E-state index in [4.69, 9.17) is 28.6 Å². The summed E-state index contributed by atoms with van der Waals surface area (Å²) in [6, 6.07) is 10.4. The second-order valence-electron chi connectivity index (χ2n) is 7.86. The second kappa shape index (κ2) is 10.8. The maximum atomic E-state index is 14.4. The van der Waals surface area contributed by atoms with Gasteiger partial charge in [-0.05, 0) is 60.7 Å². The zero-order valence-corrected chi connectivity index (χ0v) is 20.8. The number of thiocarbonyl (C=S) groups is 1. The Labute approximate surface area is 222 Å². The summed E-state index contributed by atoms with van der Waals surface area (Å²) in [6.45, 7) is 0. The number of nitrogens with one attached hydrogen (secondary N) is 2. The summed E-state index contributed by atoms with van der Waals surface area (Å²) in [4.78, 5) is 27.1. The van der Waals surface area contributed by atoms with Crippen LogP contribution >= 0.6 is 23.8 Å². The Morgan fingerprint density at radius 2 is 1.50 bits per heavy atom. The highest BCUT2D eigenvalue weighted by Crippen LogP contribution is 2.32. The van der Waals surface area contributed by atoms with E-state index in [1.807, 2.05) is 5.43 Å². The van der Waals surface area contributed by atoms with Crippen molar-refractivity contribution in [2.75, 3.05) is 22.8 Å². The molecule has 1 atom stereocenters. The molecule has 38 heavy (non-hydrogen) atoms. The van der Waals surface area contributed by atoms with Gasteiger partial charge >= 0.3 is 0 Å². The molecule has 2 amide bonds. The van der Waals surface area contributed by atoms with Crippen LogP contribution in [-0.2, 0) is 9.59 Å². The van der Waals surface area contributed by atoms with E-state index in [0.29, 0.717) is 21.5 Å². The van der Waals surface area contributed by atoms with E-state index in [2.05, 4.69) is 5.32 Å². The summed E-state index contributed by atoms with van der Waals surface area (Å²) in [6.07, 6.45) is -0.614. The van der Waals surface area contributed by atoms with Gasteiger partial charge in [0.2, 0.25) is 16.8 Å². The Morgan fingerprint density at radius 1 is 0.947 bits per heavy atom. The van der Waals surface area contributed by atoms with Crippen LogP contribution in [0.4, 0.5) is 39.0 Å². The number of carbonyl (C=O) groups is 2. The van der Waals surface area contributed by atoms with Crippen molar-refractivity contribution in [3.63, 3.8) is 0 Å². The quantitative estimate of drug-likeness (QED) is 0.171. The predicted molar refractivity (Wildman–Crippen MR) is 133 cm³/mol. The number of rotatable bonds is 7. The Morgan fingerprint density at radius 3 is 2.05 bits per heavy atom. The highest BCUT2D eigenvalue weighted by Gasteiger charge is 2.45. The number of nitrogens with zero attached hydrogens (tertiary/aromatic N) is 2. The average molecular weight is 571 g/mol. The van der Waals surface area contributed by atoms with Crippen LogP contribution in [0.15, 0.2) is 48.5 Å². The number of hydrazine groups is 1. The van der Waals surface area contributed by atoms with Crippen LogP contribution in [0.2, 0.25) is 5.02 Å². The molecule has 7 nitrogen and oxygen atoms in total. The Hall–Kier alpha value is -3.97. The molecule has 3 aromatic rings. The summed E-state index contributed by atoms with van der Waals surface area (Å²) in [5.41, 5.74) is 1.11. The van der Waals surface area contributed by atoms with E-state index in [9.17, 15) is 31.5 Å². The zero-order chi connectivity index (χ0) is 27.7. The van der Waals surface area contributed by atoms with Gasteiger partial charge in [-0.15, -0.1) is 0 Å². The molecule has 0 bridgehead atoms. The number of benzene rings is 3. The van der Waals surface area contributed by atoms with Crippen LogP contribution in [0.1, 0.15) is 6.42 Å². The van der Waals surface area contributed by atoms with Crippen molar-refractivity contribution in [1.29, 1.82) is 0 Å². The van der Waals surface area contributed by atoms with E-state index in [-0.39, 0.29) is 5.69 Å². The standard InChI is InChI=1S/C24H16ClF5N4O3S/c1-37-14-8-6-13(7-9-14)33-23(36)15(10-16(35)31-12-4-2-11(25)3-5-12)34(24(33)38)32-22-20(29)18(27)17(26)19(28)21(22)30/h2-9,15,32H,10H2,1H3,(H,31,35). The fraction of sp³-hybridized carbons (Fsp3) is 0.125. The lowest BCUT2D eigenvalue weighted by molar-refractivity contribution is -0.124. The van der Waals surface area contributed by atoms with E-state index in [1.54, 1.807) is 0 Å². The van der Waals surface area contributed by atoms with Gasteiger partial charge in [0.15, 0.2) is 23.3 Å². The molecule has 0 saturated carbocycles. The molecular weight excluding hydrogens is 555 g/mol. The predicted octanol–water partition coefficient (Wildman–Crippen LogP) is 5.40. The van der Waals surface area contributed by atoms with Crippen molar-refractivity contribution in [1.82, 2.24) is 5.01 Å². The molecule has 1 aliphatic rings. The minimum atomic E-state index is -2.36. The minimum absolute atomic E-state index is 0.200. The number of ether oxygens (including phenoxy) is 1. The third-order valence-corrected chi connectivity index (χ3v) is 6.13. The van der Waals surface area contributed by atoms with Crippen molar-refractivity contribution >= 4 is 57.8 Å². The molecule has 0 radical (unpaired) electrons.